The van der Waals surface area contributed by atoms with Crippen molar-refractivity contribution in [2.24, 2.45) is 7.05 Å². The zero-order valence-corrected chi connectivity index (χ0v) is 11.4. The van der Waals surface area contributed by atoms with Crippen molar-refractivity contribution in [3.63, 3.8) is 0 Å². The Labute approximate surface area is 116 Å². The summed E-state index contributed by atoms with van der Waals surface area (Å²) in [6.45, 7) is 0.218. The van der Waals surface area contributed by atoms with Gasteiger partial charge in [0.05, 0.1) is 6.54 Å². The lowest BCUT2D eigenvalue weighted by Gasteiger charge is -2.33. The van der Waals surface area contributed by atoms with Crippen LogP contribution in [0, 0.1) is 0 Å². The molecule has 3 N–H and O–H groups in total. The van der Waals surface area contributed by atoms with E-state index in [9.17, 15) is 14.7 Å². The third-order valence-corrected chi connectivity index (χ3v) is 3.55. The van der Waals surface area contributed by atoms with Gasteiger partial charge in [-0.3, -0.25) is 4.68 Å². The van der Waals surface area contributed by atoms with E-state index in [1.54, 1.807) is 13.2 Å². The Morgan fingerprint density at radius 1 is 1.40 bits per heavy atom. The van der Waals surface area contributed by atoms with Gasteiger partial charge in [-0.2, -0.15) is 0 Å². The van der Waals surface area contributed by atoms with Crippen LogP contribution in [0.2, 0.25) is 0 Å². The average Bonchev–Trinajstić information content (AvgIpc) is 2.83. The van der Waals surface area contributed by atoms with Gasteiger partial charge in [0.1, 0.15) is 11.2 Å². The standard InChI is InChI=1S/C12H19N5O3/c1-17-8-9(15-16-17)7-13-11(20)14-12(10(18)19)5-3-2-4-6-12/h8H,2-7H2,1H3,(H,18,19)(H2,13,14,20). The molecule has 1 heterocycles. The van der Waals surface area contributed by atoms with Crippen LogP contribution in [0.3, 0.4) is 0 Å². The van der Waals surface area contributed by atoms with Gasteiger partial charge in [-0.25, -0.2) is 9.59 Å². The van der Waals surface area contributed by atoms with Crippen molar-refractivity contribution in [3.05, 3.63) is 11.9 Å². The van der Waals surface area contributed by atoms with E-state index in [2.05, 4.69) is 20.9 Å². The summed E-state index contributed by atoms with van der Waals surface area (Å²) < 4.78 is 1.54. The number of amides is 2. The van der Waals surface area contributed by atoms with Crippen molar-refractivity contribution >= 4 is 12.0 Å². The molecule has 20 heavy (non-hydrogen) atoms. The summed E-state index contributed by atoms with van der Waals surface area (Å²) in [4.78, 5) is 23.3. The number of aliphatic carboxylic acids is 1. The molecule has 1 aromatic rings. The maximum absolute atomic E-state index is 11.9. The molecule has 1 aliphatic rings. The maximum Gasteiger partial charge on any atom is 0.329 e. The molecule has 8 heteroatoms. The third kappa shape index (κ3) is 3.25. The molecule has 0 bridgehead atoms. The van der Waals surface area contributed by atoms with Crippen LogP contribution in [0.1, 0.15) is 37.8 Å². The van der Waals surface area contributed by atoms with Gasteiger partial charge in [0.15, 0.2) is 0 Å². The number of nitrogens with zero attached hydrogens (tertiary/aromatic N) is 3. The molecular weight excluding hydrogens is 262 g/mol. The zero-order chi connectivity index (χ0) is 14.6. The molecule has 1 fully saturated rings. The number of carboxylic acids is 1. The first-order chi connectivity index (χ1) is 9.52. The van der Waals surface area contributed by atoms with Crippen molar-refractivity contribution in [1.82, 2.24) is 25.6 Å². The lowest BCUT2D eigenvalue weighted by Crippen LogP contribution is -2.57. The number of aryl methyl sites for hydroxylation is 1. The number of carbonyl (C=O) groups is 2. The largest absolute Gasteiger partial charge is 0.480 e. The molecule has 2 amide bonds. The summed E-state index contributed by atoms with van der Waals surface area (Å²) in [6, 6.07) is -0.486. The minimum atomic E-state index is -1.13. The monoisotopic (exact) mass is 281 g/mol. The van der Waals surface area contributed by atoms with Crippen LogP contribution in [-0.4, -0.2) is 37.6 Å². The molecule has 1 saturated carbocycles. The van der Waals surface area contributed by atoms with Crippen LogP contribution in [0.25, 0.3) is 0 Å². The second kappa shape index (κ2) is 5.89. The number of carbonyl (C=O) groups excluding carboxylic acids is 1. The zero-order valence-electron chi connectivity index (χ0n) is 11.4. The summed E-state index contributed by atoms with van der Waals surface area (Å²) in [5, 5.41) is 22.2. The number of rotatable bonds is 4. The SMILES string of the molecule is Cn1cc(CNC(=O)NC2(C(=O)O)CCCCC2)nn1. The Bertz CT molecular complexity index is 493. The van der Waals surface area contributed by atoms with Gasteiger partial charge < -0.3 is 15.7 Å². The Balaban J connectivity index is 1.90. The predicted molar refractivity (Wildman–Crippen MR) is 69.8 cm³/mol. The van der Waals surface area contributed by atoms with Crippen LogP contribution < -0.4 is 10.6 Å². The number of hydrogen-bond acceptors (Lipinski definition) is 4. The quantitative estimate of drug-likeness (QED) is 0.740. The highest BCUT2D eigenvalue weighted by atomic mass is 16.4. The first-order valence-corrected chi connectivity index (χ1v) is 6.66. The highest BCUT2D eigenvalue weighted by Crippen LogP contribution is 2.28. The number of nitrogens with one attached hydrogen (secondary N) is 2. The smallest absolute Gasteiger partial charge is 0.329 e. The summed E-state index contributed by atoms with van der Waals surface area (Å²) in [5.41, 5.74) is -0.513. The van der Waals surface area contributed by atoms with Crippen LogP contribution in [0.4, 0.5) is 4.79 Å². The fraction of sp³-hybridized carbons (Fsp3) is 0.667. The van der Waals surface area contributed by atoms with E-state index in [1.807, 2.05) is 0 Å². The Morgan fingerprint density at radius 2 is 2.10 bits per heavy atom. The Morgan fingerprint density at radius 3 is 2.65 bits per heavy atom. The van der Waals surface area contributed by atoms with Crippen LogP contribution in [0.5, 0.6) is 0 Å². The summed E-state index contributed by atoms with van der Waals surface area (Å²) in [5.74, 6) is -0.966. The van der Waals surface area contributed by atoms with E-state index in [1.165, 1.54) is 4.68 Å². The van der Waals surface area contributed by atoms with E-state index in [-0.39, 0.29) is 6.54 Å². The third-order valence-electron chi connectivity index (χ3n) is 3.55. The van der Waals surface area contributed by atoms with E-state index >= 15 is 0 Å². The topological polar surface area (TPSA) is 109 Å². The second-order valence-electron chi connectivity index (χ2n) is 5.14. The summed E-state index contributed by atoms with van der Waals surface area (Å²) >= 11 is 0. The molecule has 1 aliphatic carbocycles. The lowest BCUT2D eigenvalue weighted by molar-refractivity contribution is -0.145. The minimum Gasteiger partial charge on any atom is -0.480 e. The molecule has 1 aromatic heterocycles. The van der Waals surface area contributed by atoms with Gasteiger partial charge in [0.25, 0.3) is 0 Å². The van der Waals surface area contributed by atoms with E-state index < -0.39 is 17.5 Å². The highest BCUT2D eigenvalue weighted by molar-refractivity contribution is 5.86. The van der Waals surface area contributed by atoms with Gasteiger partial charge in [0.2, 0.25) is 0 Å². The number of aromatic nitrogens is 3. The lowest BCUT2D eigenvalue weighted by atomic mass is 9.82. The Hall–Kier alpha value is -2.12. The number of urea groups is 1. The fourth-order valence-electron chi connectivity index (χ4n) is 2.46. The molecule has 110 valence electrons. The first kappa shape index (κ1) is 14.3. The van der Waals surface area contributed by atoms with Crippen LogP contribution in [0.15, 0.2) is 6.20 Å². The van der Waals surface area contributed by atoms with Crippen LogP contribution in [-0.2, 0) is 18.4 Å². The van der Waals surface area contributed by atoms with Crippen LogP contribution >= 0.6 is 0 Å². The van der Waals surface area contributed by atoms with E-state index in [4.69, 9.17) is 0 Å². The van der Waals surface area contributed by atoms with Crippen molar-refractivity contribution in [2.45, 2.75) is 44.2 Å². The van der Waals surface area contributed by atoms with Crippen molar-refractivity contribution in [1.29, 1.82) is 0 Å². The van der Waals surface area contributed by atoms with Gasteiger partial charge in [-0.1, -0.05) is 24.5 Å². The molecule has 8 nitrogen and oxygen atoms in total. The maximum atomic E-state index is 11.9. The fourth-order valence-corrected chi connectivity index (χ4v) is 2.46. The van der Waals surface area contributed by atoms with E-state index in [0.717, 1.165) is 19.3 Å². The highest BCUT2D eigenvalue weighted by Gasteiger charge is 2.40. The van der Waals surface area contributed by atoms with E-state index in [0.29, 0.717) is 18.5 Å². The first-order valence-electron chi connectivity index (χ1n) is 6.66. The number of carboxylic acid groups (broad SMARTS) is 1. The van der Waals surface area contributed by atoms with Gasteiger partial charge in [0, 0.05) is 13.2 Å². The molecule has 0 unspecified atom stereocenters. The Kier molecular flexibility index (Phi) is 4.21. The molecular formula is C12H19N5O3. The molecule has 2 rings (SSSR count). The van der Waals surface area contributed by atoms with Gasteiger partial charge >= 0.3 is 12.0 Å². The molecule has 0 radical (unpaired) electrons. The summed E-state index contributed by atoms with van der Waals surface area (Å²) in [7, 11) is 1.73. The molecule has 0 atom stereocenters. The normalized spacial score (nSPS) is 17.4. The second-order valence-corrected chi connectivity index (χ2v) is 5.14. The predicted octanol–water partition coefficient (Wildman–Crippen LogP) is 0.402. The summed E-state index contributed by atoms with van der Waals surface area (Å²) in [6.07, 6.45) is 5.28. The molecule has 0 aromatic carbocycles. The number of hydrogen-bond donors (Lipinski definition) is 3. The van der Waals surface area contributed by atoms with Crippen molar-refractivity contribution in [3.8, 4) is 0 Å². The van der Waals surface area contributed by atoms with Gasteiger partial charge in [-0.15, -0.1) is 5.10 Å². The molecule has 0 saturated heterocycles. The van der Waals surface area contributed by atoms with Crippen molar-refractivity contribution in [2.75, 3.05) is 0 Å². The van der Waals surface area contributed by atoms with Gasteiger partial charge in [-0.05, 0) is 12.8 Å². The van der Waals surface area contributed by atoms with Crippen molar-refractivity contribution < 1.29 is 14.7 Å². The average molecular weight is 281 g/mol. The molecule has 0 spiro atoms. The minimum absolute atomic E-state index is 0.218. The molecule has 0 aliphatic heterocycles.